The first-order valence-corrected chi connectivity index (χ1v) is 6.33. The summed E-state index contributed by atoms with van der Waals surface area (Å²) in [5, 5.41) is 11.8. The molecular formula is C15H18N2O2. The first-order chi connectivity index (χ1) is 8.98. The van der Waals surface area contributed by atoms with Gasteiger partial charge < -0.3 is 10.1 Å². The van der Waals surface area contributed by atoms with Crippen molar-refractivity contribution in [1.29, 1.82) is 5.26 Å². The van der Waals surface area contributed by atoms with Crippen LogP contribution in [0.4, 0.5) is 0 Å². The Morgan fingerprint density at radius 1 is 1.53 bits per heavy atom. The lowest BCUT2D eigenvalue weighted by Crippen LogP contribution is -2.61. The van der Waals surface area contributed by atoms with Gasteiger partial charge in [0, 0.05) is 24.1 Å². The van der Waals surface area contributed by atoms with Crippen LogP contribution in [0, 0.1) is 16.7 Å². The third-order valence-electron chi connectivity index (χ3n) is 4.02. The van der Waals surface area contributed by atoms with Crippen molar-refractivity contribution >= 4 is 5.91 Å². The molecule has 0 aromatic heterocycles. The molecular weight excluding hydrogens is 240 g/mol. The van der Waals surface area contributed by atoms with Crippen molar-refractivity contribution in [2.75, 3.05) is 7.11 Å². The van der Waals surface area contributed by atoms with Crippen LogP contribution in [0.5, 0.6) is 0 Å². The summed E-state index contributed by atoms with van der Waals surface area (Å²) in [6.45, 7) is 4.17. The highest BCUT2D eigenvalue weighted by Crippen LogP contribution is 2.42. The molecule has 0 spiro atoms. The highest BCUT2D eigenvalue weighted by molar-refractivity contribution is 5.94. The van der Waals surface area contributed by atoms with Gasteiger partial charge in [0.25, 0.3) is 5.91 Å². The monoisotopic (exact) mass is 258 g/mol. The average molecular weight is 258 g/mol. The second-order valence-corrected chi connectivity index (χ2v) is 5.50. The lowest BCUT2D eigenvalue weighted by atomic mass is 9.64. The number of carbonyl (C=O) groups is 1. The predicted octanol–water partition coefficient (Wildman–Crippen LogP) is 2.10. The van der Waals surface area contributed by atoms with Gasteiger partial charge in [-0.3, -0.25) is 4.79 Å². The molecule has 2 atom stereocenters. The number of hydrogen-bond donors (Lipinski definition) is 1. The number of rotatable bonds is 3. The van der Waals surface area contributed by atoms with Gasteiger partial charge in [0.05, 0.1) is 17.7 Å². The van der Waals surface area contributed by atoms with Gasteiger partial charge in [0.15, 0.2) is 0 Å². The van der Waals surface area contributed by atoms with E-state index in [4.69, 9.17) is 10.00 Å². The van der Waals surface area contributed by atoms with Gasteiger partial charge in [0.2, 0.25) is 0 Å². The molecule has 1 amide bonds. The van der Waals surface area contributed by atoms with E-state index in [2.05, 4.69) is 19.2 Å². The first kappa shape index (κ1) is 13.6. The Hall–Kier alpha value is -1.86. The van der Waals surface area contributed by atoms with Crippen molar-refractivity contribution in [3.8, 4) is 6.07 Å². The molecule has 0 heterocycles. The molecule has 1 saturated carbocycles. The number of benzene rings is 1. The van der Waals surface area contributed by atoms with Crippen LogP contribution in [0.3, 0.4) is 0 Å². The van der Waals surface area contributed by atoms with Crippen LogP contribution in [0.15, 0.2) is 24.3 Å². The van der Waals surface area contributed by atoms with E-state index < -0.39 is 0 Å². The van der Waals surface area contributed by atoms with Gasteiger partial charge in [-0.05, 0) is 24.6 Å². The maximum absolute atomic E-state index is 12.1. The number of nitrogens with zero attached hydrogens (tertiary/aromatic N) is 1. The van der Waals surface area contributed by atoms with E-state index >= 15 is 0 Å². The van der Waals surface area contributed by atoms with Gasteiger partial charge in [0.1, 0.15) is 0 Å². The molecule has 4 heteroatoms. The van der Waals surface area contributed by atoms with Gasteiger partial charge >= 0.3 is 0 Å². The third kappa shape index (κ3) is 2.47. The Morgan fingerprint density at radius 3 is 2.84 bits per heavy atom. The molecule has 1 aliphatic rings. The number of amides is 1. The van der Waals surface area contributed by atoms with E-state index in [-0.39, 0.29) is 23.5 Å². The van der Waals surface area contributed by atoms with Crippen LogP contribution in [-0.2, 0) is 4.74 Å². The van der Waals surface area contributed by atoms with Crippen molar-refractivity contribution in [3.05, 3.63) is 35.4 Å². The molecule has 1 aromatic carbocycles. The normalized spacial score (nSPS) is 24.1. The van der Waals surface area contributed by atoms with Crippen LogP contribution in [0.2, 0.25) is 0 Å². The fourth-order valence-corrected chi connectivity index (χ4v) is 2.50. The van der Waals surface area contributed by atoms with Crippen LogP contribution in [0.1, 0.15) is 36.2 Å². The van der Waals surface area contributed by atoms with Gasteiger partial charge in [-0.25, -0.2) is 0 Å². The van der Waals surface area contributed by atoms with Crippen LogP contribution < -0.4 is 5.32 Å². The molecule has 0 saturated heterocycles. The zero-order valence-corrected chi connectivity index (χ0v) is 11.4. The quantitative estimate of drug-likeness (QED) is 0.903. The molecule has 1 N–H and O–H groups in total. The maximum atomic E-state index is 12.1. The van der Waals surface area contributed by atoms with Crippen molar-refractivity contribution in [2.45, 2.75) is 32.4 Å². The second-order valence-electron chi connectivity index (χ2n) is 5.50. The molecule has 100 valence electrons. The van der Waals surface area contributed by atoms with Crippen molar-refractivity contribution in [3.63, 3.8) is 0 Å². The third-order valence-corrected chi connectivity index (χ3v) is 4.02. The van der Waals surface area contributed by atoms with E-state index in [0.717, 1.165) is 6.42 Å². The number of nitrogens with one attached hydrogen (secondary N) is 1. The molecule has 0 radical (unpaired) electrons. The molecule has 2 unspecified atom stereocenters. The standard InChI is InChI=1S/C15H18N2O2/c1-15(2)12(8-13(15)19-3)17-14(18)11-6-4-5-10(7-11)9-16/h4-7,12-13H,8H2,1-3H3,(H,17,18). The molecule has 1 aromatic rings. The van der Waals surface area contributed by atoms with Crippen molar-refractivity contribution in [2.24, 2.45) is 5.41 Å². The Morgan fingerprint density at radius 2 is 2.26 bits per heavy atom. The summed E-state index contributed by atoms with van der Waals surface area (Å²) in [7, 11) is 1.70. The molecule has 19 heavy (non-hydrogen) atoms. The molecule has 1 aliphatic carbocycles. The zero-order chi connectivity index (χ0) is 14.0. The minimum absolute atomic E-state index is 0.0583. The van der Waals surface area contributed by atoms with E-state index in [1.165, 1.54) is 0 Å². The number of methoxy groups -OCH3 is 1. The number of hydrogen-bond acceptors (Lipinski definition) is 3. The summed E-state index contributed by atoms with van der Waals surface area (Å²) < 4.78 is 5.36. The highest BCUT2D eigenvalue weighted by atomic mass is 16.5. The molecule has 0 bridgehead atoms. The lowest BCUT2D eigenvalue weighted by molar-refractivity contribution is -0.0942. The van der Waals surface area contributed by atoms with E-state index in [9.17, 15) is 4.79 Å². The van der Waals surface area contributed by atoms with Gasteiger partial charge in [-0.1, -0.05) is 19.9 Å². The fourth-order valence-electron chi connectivity index (χ4n) is 2.50. The summed E-state index contributed by atoms with van der Waals surface area (Å²) in [5.41, 5.74) is 0.961. The Labute approximate surface area is 113 Å². The highest BCUT2D eigenvalue weighted by Gasteiger charge is 2.49. The molecule has 0 aliphatic heterocycles. The van der Waals surface area contributed by atoms with Gasteiger partial charge in [-0.2, -0.15) is 5.26 Å². The lowest BCUT2D eigenvalue weighted by Gasteiger charge is -2.51. The zero-order valence-electron chi connectivity index (χ0n) is 11.4. The van der Waals surface area contributed by atoms with Crippen LogP contribution in [0.25, 0.3) is 0 Å². The molecule has 1 fully saturated rings. The van der Waals surface area contributed by atoms with E-state index in [1.807, 2.05) is 6.07 Å². The Bertz CT molecular complexity index is 531. The van der Waals surface area contributed by atoms with Gasteiger partial charge in [-0.15, -0.1) is 0 Å². The predicted molar refractivity (Wildman–Crippen MR) is 71.6 cm³/mol. The molecule has 4 nitrogen and oxygen atoms in total. The minimum atomic E-state index is -0.135. The van der Waals surface area contributed by atoms with Crippen LogP contribution >= 0.6 is 0 Å². The summed E-state index contributed by atoms with van der Waals surface area (Å²) in [5.74, 6) is -0.135. The van der Waals surface area contributed by atoms with E-state index in [0.29, 0.717) is 11.1 Å². The number of ether oxygens (including phenoxy) is 1. The summed E-state index contributed by atoms with van der Waals surface area (Å²) in [6.07, 6.45) is 1.01. The van der Waals surface area contributed by atoms with E-state index in [1.54, 1.807) is 31.4 Å². The number of nitriles is 1. The topological polar surface area (TPSA) is 62.1 Å². The summed E-state index contributed by atoms with van der Waals surface area (Å²) in [6, 6.07) is 8.87. The smallest absolute Gasteiger partial charge is 0.251 e. The Balaban J connectivity index is 2.05. The minimum Gasteiger partial charge on any atom is -0.381 e. The Kier molecular flexibility index (Phi) is 3.59. The average Bonchev–Trinajstić information content (AvgIpc) is 2.42. The second kappa shape index (κ2) is 5.02. The SMILES string of the molecule is COC1CC(NC(=O)c2cccc(C#N)c2)C1(C)C. The van der Waals surface area contributed by atoms with Crippen molar-refractivity contribution < 1.29 is 9.53 Å². The summed E-state index contributed by atoms with van der Waals surface area (Å²) in [4.78, 5) is 12.1. The fraction of sp³-hybridized carbons (Fsp3) is 0.467. The maximum Gasteiger partial charge on any atom is 0.251 e. The number of carbonyl (C=O) groups excluding carboxylic acids is 1. The van der Waals surface area contributed by atoms with Crippen molar-refractivity contribution in [1.82, 2.24) is 5.32 Å². The molecule has 2 rings (SSSR count). The largest absolute Gasteiger partial charge is 0.381 e. The first-order valence-electron chi connectivity index (χ1n) is 6.33. The van der Waals surface area contributed by atoms with Crippen LogP contribution in [-0.4, -0.2) is 25.2 Å². The summed E-state index contributed by atoms with van der Waals surface area (Å²) >= 11 is 0.